The summed E-state index contributed by atoms with van der Waals surface area (Å²) in [6.45, 7) is 0. The highest BCUT2D eigenvalue weighted by atomic mass is 16.5. The van der Waals surface area contributed by atoms with Gasteiger partial charge in [0.25, 0.3) is 0 Å². The molecule has 0 N–H and O–H groups in total. The highest BCUT2D eigenvalue weighted by Gasteiger charge is 2.06. The Hall–Kier alpha value is -2.35. The lowest BCUT2D eigenvalue weighted by atomic mass is 10.1. The van der Waals surface area contributed by atoms with Gasteiger partial charge < -0.3 is 4.52 Å². The van der Waals surface area contributed by atoms with Gasteiger partial charge in [-0.1, -0.05) is 65.8 Å². The normalized spacial score (nSPS) is 10.5. The quantitative estimate of drug-likeness (QED) is 0.695. The maximum Gasteiger partial charge on any atom is 0.137 e. The van der Waals surface area contributed by atoms with Crippen molar-refractivity contribution < 1.29 is 4.52 Å². The van der Waals surface area contributed by atoms with E-state index in [1.165, 1.54) is 5.56 Å². The lowest BCUT2D eigenvalue weighted by Crippen LogP contribution is -1.88. The summed E-state index contributed by atoms with van der Waals surface area (Å²) in [6, 6.07) is 22.5. The van der Waals surface area contributed by atoms with Gasteiger partial charge in [-0.25, -0.2) is 0 Å². The summed E-state index contributed by atoms with van der Waals surface area (Å²) < 4.78 is 5.39. The van der Waals surface area contributed by atoms with Gasteiger partial charge in [0.1, 0.15) is 11.5 Å². The predicted octanol–water partition coefficient (Wildman–Crippen LogP) is 4.13. The molecule has 1 heterocycles. The molecule has 3 rings (SSSR count). The minimum Gasteiger partial charge on any atom is -0.361 e. The molecule has 0 aliphatic heterocycles. The molecule has 2 nitrogen and oxygen atoms in total. The molecule has 2 aromatic carbocycles. The van der Waals surface area contributed by atoms with Crippen LogP contribution in [0.1, 0.15) is 11.3 Å². The van der Waals surface area contributed by atoms with Crippen LogP contribution >= 0.6 is 0 Å². The summed E-state index contributed by atoms with van der Waals surface area (Å²) in [5.74, 6) is 0.933. The Morgan fingerprint density at radius 2 is 1.47 bits per heavy atom. The van der Waals surface area contributed by atoms with Crippen molar-refractivity contribution in [1.29, 1.82) is 0 Å². The maximum absolute atomic E-state index is 5.39. The van der Waals surface area contributed by atoms with Crippen LogP contribution in [0, 0.1) is 0 Å². The molecular weight excluding hydrogens is 234 g/mol. The zero-order valence-corrected chi connectivity index (χ0v) is 10.6. The number of nitrogens with zero attached hydrogens (tertiary/aromatic N) is 1. The van der Waals surface area contributed by atoms with E-state index in [0.717, 1.165) is 29.9 Å². The van der Waals surface area contributed by atoms with Gasteiger partial charge in [-0.2, -0.15) is 0 Å². The first-order chi connectivity index (χ1) is 9.42. The van der Waals surface area contributed by atoms with Crippen LogP contribution in [0.3, 0.4) is 0 Å². The van der Waals surface area contributed by atoms with Crippen LogP contribution in [0.2, 0.25) is 0 Å². The summed E-state index contributed by atoms with van der Waals surface area (Å²) in [4.78, 5) is 0. The Bertz CT molecular complexity index is 629. The zero-order chi connectivity index (χ0) is 12.9. The van der Waals surface area contributed by atoms with Gasteiger partial charge in [0, 0.05) is 18.1 Å². The first-order valence-corrected chi connectivity index (χ1v) is 6.47. The molecule has 3 aromatic rings. The molecule has 0 bridgehead atoms. The van der Waals surface area contributed by atoms with Crippen molar-refractivity contribution in [3.63, 3.8) is 0 Å². The topological polar surface area (TPSA) is 26.0 Å². The SMILES string of the molecule is c1ccc(CCc2cc(-c3ccccc3)no2)cc1. The number of hydrogen-bond donors (Lipinski definition) is 0. The van der Waals surface area contributed by atoms with Gasteiger partial charge in [0.05, 0.1) is 0 Å². The van der Waals surface area contributed by atoms with E-state index in [9.17, 15) is 0 Å². The van der Waals surface area contributed by atoms with E-state index in [-0.39, 0.29) is 0 Å². The molecule has 0 fully saturated rings. The monoisotopic (exact) mass is 249 g/mol. The molecule has 2 heteroatoms. The Morgan fingerprint density at radius 1 is 0.789 bits per heavy atom. The average molecular weight is 249 g/mol. The van der Waals surface area contributed by atoms with E-state index in [2.05, 4.69) is 29.4 Å². The second-order valence-electron chi connectivity index (χ2n) is 4.53. The predicted molar refractivity (Wildman–Crippen MR) is 75.8 cm³/mol. The highest BCUT2D eigenvalue weighted by Crippen LogP contribution is 2.19. The van der Waals surface area contributed by atoms with E-state index in [4.69, 9.17) is 4.52 Å². The van der Waals surface area contributed by atoms with Gasteiger partial charge in [-0.3, -0.25) is 0 Å². The standard InChI is InChI=1S/C17H15NO/c1-3-7-14(8-4-1)11-12-16-13-17(18-19-16)15-9-5-2-6-10-15/h1-10,13H,11-12H2. The van der Waals surface area contributed by atoms with E-state index in [0.29, 0.717) is 0 Å². The van der Waals surface area contributed by atoms with Crippen molar-refractivity contribution in [1.82, 2.24) is 5.16 Å². The van der Waals surface area contributed by atoms with E-state index >= 15 is 0 Å². The van der Waals surface area contributed by atoms with Gasteiger partial charge in [-0.05, 0) is 12.0 Å². The molecule has 0 saturated carbocycles. The Morgan fingerprint density at radius 3 is 2.21 bits per heavy atom. The number of aryl methyl sites for hydroxylation is 2. The summed E-state index contributed by atoms with van der Waals surface area (Å²) >= 11 is 0. The molecular formula is C17H15NO. The van der Waals surface area contributed by atoms with E-state index in [1.54, 1.807) is 0 Å². The third kappa shape index (κ3) is 2.91. The minimum absolute atomic E-state index is 0.879. The van der Waals surface area contributed by atoms with Crippen molar-refractivity contribution in [2.45, 2.75) is 12.8 Å². The summed E-state index contributed by atoms with van der Waals surface area (Å²) in [7, 11) is 0. The van der Waals surface area contributed by atoms with Gasteiger partial charge in [-0.15, -0.1) is 0 Å². The van der Waals surface area contributed by atoms with Crippen molar-refractivity contribution in [2.24, 2.45) is 0 Å². The van der Waals surface area contributed by atoms with Crippen molar-refractivity contribution in [3.05, 3.63) is 78.1 Å². The Labute approximate surface area is 112 Å². The van der Waals surface area contributed by atoms with Crippen LogP contribution in [0.25, 0.3) is 11.3 Å². The first kappa shape index (κ1) is 11.7. The molecule has 0 aliphatic rings. The smallest absolute Gasteiger partial charge is 0.137 e. The fourth-order valence-corrected chi connectivity index (χ4v) is 2.09. The number of aromatic nitrogens is 1. The third-order valence-corrected chi connectivity index (χ3v) is 3.13. The second-order valence-corrected chi connectivity index (χ2v) is 4.53. The van der Waals surface area contributed by atoms with E-state index < -0.39 is 0 Å². The van der Waals surface area contributed by atoms with Crippen LogP contribution in [0.4, 0.5) is 0 Å². The van der Waals surface area contributed by atoms with Crippen molar-refractivity contribution in [2.75, 3.05) is 0 Å². The first-order valence-electron chi connectivity index (χ1n) is 6.47. The lowest BCUT2D eigenvalue weighted by molar-refractivity contribution is 0.385. The summed E-state index contributed by atoms with van der Waals surface area (Å²) in [5, 5.41) is 4.12. The molecule has 0 amide bonds. The number of hydrogen-bond acceptors (Lipinski definition) is 2. The van der Waals surface area contributed by atoms with Gasteiger partial charge >= 0.3 is 0 Å². The molecule has 0 saturated heterocycles. The van der Waals surface area contributed by atoms with Gasteiger partial charge in [0.15, 0.2) is 0 Å². The Kier molecular flexibility index (Phi) is 3.41. The van der Waals surface area contributed by atoms with Gasteiger partial charge in [0.2, 0.25) is 0 Å². The maximum atomic E-state index is 5.39. The zero-order valence-electron chi connectivity index (χ0n) is 10.6. The highest BCUT2D eigenvalue weighted by molar-refractivity contribution is 5.58. The van der Waals surface area contributed by atoms with E-state index in [1.807, 2.05) is 42.5 Å². The number of benzene rings is 2. The van der Waals surface area contributed by atoms with Crippen LogP contribution in [-0.4, -0.2) is 5.16 Å². The summed E-state index contributed by atoms with van der Waals surface area (Å²) in [5.41, 5.74) is 3.32. The van der Waals surface area contributed by atoms with Crippen LogP contribution < -0.4 is 0 Å². The van der Waals surface area contributed by atoms with Crippen molar-refractivity contribution >= 4 is 0 Å². The summed E-state index contributed by atoms with van der Waals surface area (Å²) in [6.07, 6.45) is 1.86. The van der Waals surface area contributed by atoms with Crippen LogP contribution in [0.5, 0.6) is 0 Å². The minimum atomic E-state index is 0.879. The molecule has 0 spiro atoms. The molecule has 19 heavy (non-hydrogen) atoms. The lowest BCUT2D eigenvalue weighted by Gasteiger charge is -1.97. The number of rotatable bonds is 4. The van der Waals surface area contributed by atoms with Crippen LogP contribution in [-0.2, 0) is 12.8 Å². The Balaban J connectivity index is 1.69. The molecule has 94 valence electrons. The molecule has 0 aliphatic carbocycles. The fourth-order valence-electron chi connectivity index (χ4n) is 2.09. The second kappa shape index (κ2) is 5.53. The molecule has 0 radical (unpaired) electrons. The molecule has 0 unspecified atom stereocenters. The average Bonchev–Trinajstić information content (AvgIpc) is 2.96. The van der Waals surface area contributed by atoms with Crippen LogP contribution in [0.15, 0.2) is 71.3 Å². The third-order valence-electron chi connectivity index (χ3n) is 3.13. The van der Waals surface area contributed by atoms with Crippen molar-refractivity contribution in [3.8, 4) is 11.3 Å². The molecule has 0 atom stereocenters. The largest absolute Gasteiger partial charge is 0.361 e. The molecule has 1 aromatic heterocycles. The fraction of sp³-hybridized carbons (Fsp3) is 0.118.